The first-order valence-electron chi connectivity index (χ1n) is 8.25. The van der Waals surface area contributed by atoms with Crippen LogP contribution in [0.25, 0.3) is 0 Å². The third-order valence-electron chi connectivity index (χ3n) is 4.09. The molecule has 0 radical (unpaired) electrons. The van der Waals surface area contributed by atoms with Crippen molar-refractivity contribution in [2.45, 2.75) is 20.3 Å². The lowest BCUT2D eigenvalue weighted by molar-refractivity contribution is -0.128. The average Bonchev–Trinajstić information content (AvgIpc) is 2.70. The highest BCUT2D eigenvalue weighted by Gasteiger charge is 2.27. The third kappa shape index (κ3) is 5.11. The zero-order valence-electron chi connectivity index (χ0n) is 14.1. The first-order valence-corrected chi connectivity index (χ1v) is 8.63. The number of likely N-dealkylation sites (N-methyl/N-ethyl adjacent to an activating group) is 1. The number of fused-ring (bicyclic) bond motifs is 1. The number of ether oxygens (including phenoxy) is 1. The van der Waals surface area contributed by atoms with Crippen LogP contribution < -0.4 is 15.4 Å². The second-order valence-corrected chi connectivity index (χ2v) is 6.16. The van der Waals surface area contributed by atoms with Gasteiger partial charge in [0.25, 0.3) is 0 Å². The quantitative estimate of drug-likeness (QED) is 0.787. The second-order valence-electron chi connectivity index (χ2n) is 5.72. The summed E-state index contributed by atoms with van der Waals surface area (Å²) in [5, 5.41) is 6.16. The Labute approximate surface area is 147 Å². The number of hydrogen-bond acceptors (Lipinski definition) is 4. The number of nitrogens with one attached hydrogen (secondary N) is 2. The second kappa shape index (κ2) is 8.89. The molecule has 1 unspecified atom stereocenters. The first-order chi connectivity index (χ1) is 11.5. The number of benzene rings is 1. The Kier molecular flexibility index (Phi) is 6.87. The third-order valence-corrected chi connectivity index (χ3v) is 4.32. The number of halogens is 1. The lowest BCUT2D eigenvalue weighted by Crippen LogP contribution is -2.37. The van der Waals surface area contributed by atoms with E-state index in [1.807, 2.05) is 0 Å². The SMILES string of the molecule is CCN(CC)CCNC(=O)CC1COc2ccc(Cl)cc2NC1=O. The van der Waals surface area contributed by atoms with E-state index < -0.39 is 5.92 Å². The molecular weight excluding hydrogens is 330 g/mol. The summed E-state index contributed by atoms with van der Waals surface area (Å²) in [5.41, 5.74) is 0.539. The Hall–Kier alpha value is -1.79. The largest absolute Gasteiger partial charge is 0.491 e. The van der Waals surface area contributed by atoms with Crippen molar-refractivity contribution in [1.82, 2.24) is 10.2 Å². The summed E-state index contributed by atoms with van der Waals surface area (Å²) in [7, 11) is 0. The molecule has 0 spiro atoms. The molecule has 0 bridgehead atoms. The molecule has 0 saturated carbocycles. The fourth-order valence-corrected chi connectivity index (χ4v) is 2.74. The molecule has 6 nitrogen and oxygen atoms in total. The van der Waals surface area contributed by atoms with E-state index in [9.17, 15) is 9.59 Å². The molecule has 0 aromatic heterocycles. The van der Waals surface area contributed by atoms with Gasteiger partial charge in [-0.15, -0.1) is 0 Å². The minimum absolute atomic E-state index is 0.103. The Morgan fingerprint density at radius 2 is 2.17 bits per heavy atom. The Balaban J connectivity index is 1.85. The van der Waals surface area contributed by atoms with Gasteiger partial charge in [-0.2, -0.15) is 0 Å². The number of hydrogen-bond donors (Lipinski definition) is 2. The van der Waals surface area contributed by atoms with Crippen LogP contribution in [0.15, 0.2) is 18.2 Å². The lowest BCUT2D eigenvalue weighted by Gasteiger charge is -2.18. The fraction of sp³-hybridized carbons (Fsp3) is 0.529. The summed E-state index contributed by atoms with van der Waals surface area (Å²) >= 11 is 5.93. The van der Waals surface area contributed by atoms with Crippen LogP contribution in [-0.4, -0.2) is 49.5 Å². The van der Waals surface area contributed by atoms with Crippen molar-refractivity contribution in [3.63, 3.8) is 0 Å². The molecular formula is C17H24ClN3O3. The standard InChI is InChI=1S/C17H24ClN3O3/c1-3-21(4-2)8-7-19-16(22)9-12-11-24-15-6-5-13(18)10-14(15)20-17(12)23/h5-6,10,12H,3-4,7-9,11H2,1-2H3,(H,19,22)(H,20,23). The lowest BCUT2D eigenvalue weighted by atomic mass is 10.1. The van der Waals surface area contributed by atoms with E-state index in [-0.39, 0.29) is 24.8 Å². The van der Waals surface area contributed by atoms with Crippen molar-refractivity contribution in [2.24, 2.45) is 5.92 Å². The van der Waals surface area contributed by atoms with Gasteiger partial charge in [-0.1, -0.05) is 25.4 Å². The van der Waals surface area contributed by atoms with Crippen LogP contribution >= 0.6 is 11.6 Å². The summed E-state index contributed by atoms with van der Waals surface area (Å²) < 4.78 is 5.63. The molecule has 1 aliphatic rings. The zero-order chi connectivity index (χ0) is 17.5. The monoisotopic (exact) mass is 353 g/mol. The van der Waals surface area contributed by atoms with E-state index in [0.29, 0.717) is 23.0 Å². The average molecular weight is 354 g/mol. The molecule has 1 aliphatic heterocycles. The van der Waals surface area contributed by atoms with Crippen LogP contribution in [0.2, 0.25) is 5.02 Å². The van der Waals surface area contributed by atoms with Gasteiger partial charge in [0, 0.05) is 24.5 Å². The van der Waals surface area contributed by atoms with E-state index >= 15 is 0 Å². The van der Waals surface area contributed by atoms with Gasteiger partial charge in [0.2, 0.25) is 11.8 Å². The molecule has 132 valence electrons. The summed E-state index contributed by atoms with van der Waals surface area (Å²) in [5.74, 6) is -0.327. The zero-order valence-corrected chi connectivity index (χ0v) is 14.9. The maximum absolute atomic E-state index is 12.3. The molecule has 2 amide bonds. The van der Waals surface area contributed by atoms with Gasteiger partial charge in [-0.05, 0) is 31.3 Å². The molecule has 2 rings (SSSR count). The Morgan fingerprint density at radius 1 is 1.42 bits per heavy atom. The number of amides is 2. The summed E-state index contributed by atoms with van der Waals surface area (Å²) in [6, 6.07) is 5.05. The number of carbonyl (C=O) groups excluding carboxylic acids is 2. The Morgan fingerprint density at radius 3 is 2.88 bits per heavy atom. The van der Waals surface area contributed by atoms with Crippen molar-refractivity contribution in [3.8, 4) is 5.75 Å². The van der Waals surface area contributed by atoms with Crippen molar-refractivity contribution in [3.05, 3.63) is 23.2 Å². The van der Waals surface area contributed by atoms with Gasteiger partial charge in [-0.25, -0.2) is 0 Å². The first kappa shape index (κ1) is 18.5. The molecule has 7 heteroatoms. The van der Waals surface area contributed by atoms with Crippen molar-refractivity contribution in [1.29, 1.82) is 0 Å². The van der Waals surface area contributed by atoms with Gasteiger partial charge in [-0.3, -0.25) is 9.59 Å². The van der Waals surface area contributed by atoms with Crippen LogP contribution in [0.5, 0.6) is 5.75 Å². The van der Waals surface area contributed by atoms with Crippen molar-refractivity contribution in [2.75, 3.05) is 38.1 Å². The highest BCUT2D eigenvalue weighted by atomic mass is 35.5. The van der Waals surface area contributed by atoms with Gasteiger partial charge >= 0.3 is 0 Å². The van der Waals surface area contributed by atoms with Crippen molar-refractivity contribution < 1.29 is 14.3 Å². The Bertz CT molecular complexity index is 590. The number of nitrogens with zero attached hydrogens (tertiary/aromatic N) is 1. The minimum Gasteiger partial charge on any atom is -0.491 e. The highest BCUT2D eigenvalue weighted by molar-refractivity contribution is 6.31. The van der Waals surface area contributed by atoms with Crippen molar-refractivity contribution >= 4 is 29.1 Å². The topological polar surface area (TPSA) is 70.7 Å². The van der Waals surface area contributed by atoms with Gasteiger partial charge < -0.3 is 20.3 Å². The van der Waals surface area contributed by atoms with E-state index in [1.165, 1.54) is 0 Å². The number of anilines is 1. The van der Waals surface area contributed by atoms with Crippen LogP contribution in [0.4, 0.5) is 5.69 Å². The molecule has 0 fully saturated rings. The maximum Gasteiger partial charge on any atom is 0.231 e. The fourth-order valence-electron chi connectivity index (χ4n) is 2.57. The highest BCUT2D eigenvalue weighted by Crippen LogP contribution is 2.31. The molecule has 1 aromatic carbocycles. The van der Waals surface area contributed by atoms with Crippen LogP contribution in [0, 0.1) is 5.92 Å². The number of rotatable bonds is 7. The van der Waals surface area contributed by atoms with Crippen LogP contribution in [0.1, 0.15) is 20.3 Å². The molecule has 24 heavy (non-hydrogen) atoms. The summed E-state index contributed by atoms with van der Waals surface area (Å²) in [4.78, 5) is 26.6. The van der Waals surface area contributed by atoms with Gasteiger partial charge in [0.1, 0.15) is 12.4 Å². The maximum atomic E-state index is 12.3. The van der Waals surface area contributed by atoms with Crippen LogP contribution in [0.3, 0.4) is 0 Å². The molecule has 2 N–H and O–H groups in total. The van der Waals surface area contributed by atoms with E-state index in [0.717, 1.165) is 19.6 Å². The summed E-state index contributed by atoms with van der Waals surface area (Å²) in [6.45, 7) is 7.62. The smallest absolute Gasteiger partial charge is 0.231 e. The summed E-state index contributed by atoms with van der Waals surface area (Å²) in [6.07, 6.45) is 0.103. The molecule has 1 heterocycles. The predicted octanol–water partition coefficient (Wildman–Crippen LogP) is 2.14. The van der Waals surface area contributed by atoms with E-state index in [2.05, 4.69) is 29.4 Å². The predicted molar refractivity (Wildman–Crippen MR) is 94.5 cm³/mol. The molecule has 1 aromatic rings. The number of carbonyl (C=O) groups is 2. The van der Waals surface area contributed by atoms with Gasteiger partial charge in [0.15, 0.2) is 0 Å². The van der Waals surface area contributed by atoms with E-state index in [1.54, 1.807) is 18.2 Å². The normalized spacial score (nSPS) is 16.8. The van der Waals surface area contributed by atoms with E-state index in [4.69, 9.17) is 16.3 Å². The molecule has 0 saturated heterocycles. The molecule has 1 atom stereocenters. The van der Waals surface area contributed by atoms with Crippen LogP contribution in [-0.2, 0) is 9.59 Å². The van der Waals surface area contributed by atoms with Gasteiger partial charge in [0.05, 0.1) is 11.6 Å². The molecule has 0 aliphatic carbocycles. The minimum atomic E-state index is -0.523.